The number of nitrogens with zero attached hydrogens (tertiary/aromatic N) is 1. The molecule has 3 aromatic rings. The molecular formula is C22H18BrNO3. The van der Waals surface area contributed by atoms with Gasteiger partial charge in [-0.2, -0.15) is 0 Å². The molecule has 0 bridgehead atoms. The molecule has 0 saturated carbocycles. The minimum atomic E-state index is -0.430. The Bertz CT molecular complexity index is 938. The Morgan fingerprint density at radius 3 is 2.56 bits per heavy atom. The molecule has 0 spiro atoms. The number of carbonyl (C=O) groups is 1. The number of benzene rings is 2. The molecule has 1 heterocycles. The van der Waals surface area contributed by atoms with Gasteiger partial charge in [-0.15, -0.1) is 0 Å². The fraction of sp³-hybridized carbons (Fsp3) is 0.0909. The highest BCUT2D eigenvalue weighted by Gasteiger charge is 2.13. The van der Waals surface area contributed by atoms with E-state index in [1.165, 1.54) is 0 Å². The van der Waals surface area contributed by atoms with E-state index in [0.717, 1.165) is 15.7 Å². The van der Waals surface area contributed by atoms with Gasteiger partial charge in [0, 0.05) is 10.7 Å². The molecule has 0 aliphatic rings. The molecule has 0 aliphatic heterocycles. The van der Waals surface area contributed by atoms with Crippen LogP contribution in [0.15, 0.2) is 71.3 Å². The summed E-state index contributed by atoms with van der Waals surface area (Å²) in [5.41, 5.74) is 2.26. The average molecular weight is 424 g/mol. The van der Waals surface area contributed by atoms with Crippen molar-refractivity contribution in [2.45, 2.75) is 6.92 Å². The van der Waals surface area contributed by atoms with Crippen LogP contribution in [0.2, 0.25) is 0 Å². The van der Waals surface area contributed by atoms with Gasteiger partial charge >= 0.3 is 5.97 Å². The van der Waals surface area contributed by atoms with Gasteiger partial charge in [0.1, 0.15) is 0 Å². The lowest BCUT2D eigenvalue weighted by molar-refractivity contribution is 0.0728. The van der Waals surface area contributed by atoms with Crippen LogP contribution in [0, 0.1) is 0 Å². The first kappa shape index (κ1) is 18.9. The number of ether oxygens (including phenoxy) is 2. The van der Waals surface area contributed by atoms with Gasteiger partial charge in [0.05, 0.1) is 17.9 Å². The Kier molecular flexibility index (Phi) is 6.39. The molecule has 5 heteroatoms. The SMILES string of the molecule is CCOc1cc(/C=C/c2ccccn2)ccc1OC(=O)c1ccc(Br)cc1. The van der Waals surface area contributed by atoms with Crippen molar-refractivity contribution >= 4 is 34.1 Å². The highest BCUT2D eigenvalue weighted by Crippen LogP contribution is 2.30. The molecule has 0 atom stereocenters. The largest absolute Gasteiger partial charge is 0.490 e. The lowest BCUT2D eigenvalue weighted by Crippen LogP contribution is -2.09. The van der Waals surface area contributed by atoms with Crippen LogP contribution in [0.4, 0.5) is 0 Å². The zero-order valence-corrected chi connectivity index (χ0v) is 16.3. The quantitative estimate of drug-likeness (QED) is 0.380. The van der Waals surface area contributed by atoms with E-state index in [2.05, 4.69) is 20.9 Å². The normalized spacial score (nSPS) is 10.7. The van der Waals surface area contributed by atoms with E-state index in [4.69, 9.17) is 9.47 Å². The molecular weight excluding hydrogens is 406 g/mol. The maximum atomic E-state index is 12.4. The number of aromatic nitrogens is 1. The molecule has 2 aromatic carbocycles. The van der Waals surface area contributed by atoms with E-state index >= 15 is 0 Å². The van der Waals surface area contributed by atoms with Crippen LogP contribution in [0.3, 0.4) is 0 Å². The van der Waals surface area contributed by atoms with Crippen LogP contribution in [0.25, 0.3) is 12.2 Å². The summed E-state index contributed by atoms with van der Waals surface area (Å²) in [6.07, 6.45) is 5.60. The van der Waals surface area contributed by atoms with Gasteiger partial charge in [-0.3, -0.25) is 4.98 Å². The number of hydrogen-bond acceptors (Lipinski definition) is 4. The third kappa shape index (κ3) is 5.28. The van der Waals surface area contributed by atoms with Crippen LogP contribution in [0.1, 0.15) is 28.5 Å². The van der Waals surface area contributed by atoms with Crippen LogP contribution in [-0.4, -0.2) is 17.6 Å². The number of halogens is 1. The lowest BCUT2D eigenvalue weighted by atomic mass is 10.1. The highest BCUT2D eigenvalue weighted by molar-refractivity contribution is 9.10. The van der Waals surface area contributed by atoms with E-state index in [1.54, 1.807) is 36.5 Å². The molecule has 4 nitrogen and oxygen atoms in total. The van der Waals surface area contributed by atoms with E-state index in [0.29, 0.717) is 23.7 Å². The second-order valence-corrected chi connectivity index (χ2v) is 6.54. The Balaban J connectivity index is 1.80. The first-order chi connectivity index (χ1) is 13.2. The van der Waals surface area contributed by atoms with E-state index in [9.17, 15) is 4.79 Å². The number of pyridine rings is 1. The van der Waals surface area contributed by atoms with Crippen molar-refractivity contribution in [1.82, 2.24) is 4.98 Å². The van der Waals surface area contributed by atoms with E-state index in [-0.39, 0.29) is 0 Å². The fourth-order valence-electron chi connectivity index (χ4n) is 2.38. The molecule has 0 amide bonds. The van der Waals surface area contributed by atoms with Crippen LogP contribution in [-0.2, 0) is 0 Å². The van der Waals surface area contributed by atoms with Gasteiger partial charge in [0.2, 0.25) is 0 Å². The van der Waals surface area contributed by atoms with Crippen molar-refractivity contribution in [2.75, 3.05) is 6.61 Å². The minimum Gasteiger partial charge on any atom is -0.490 e. The van der Waals surface area contributed by atoms with Gasteiger partial charge in [-0.25, -0.2) is 4.79 Å². The Labute approximate surface area is 166 Å². The van der Waals surface area contributed by atoms with Crippen LogP contribution >= 0.6 is 15.9 Å². The molecule has 0 unspecified atom stereocenters. The van der Waals surface area contributed by atoms with Crippen molar-refractivity contribution in [3.63, 3.8) is 0 Å². The third-order valence-corrected chi connectivity index (χ3v) is 4.21. The zero-order valence-electron chi connectivity index (χ0n) is 14.8. The topological polar surface area (TPSA) is 48.4 Å². The van der Waals surface area contributed by atoms with Crippen molar-refractivity contribution in [2.24, 2.45) is 0 Å². The fourth-order valence-corrected chi connectivity index (χ4v) is 2.65. The van der Waals surface area contributed by atoms with Crippen LogP contribution < -0.4 is 9.47 Å². The van der Waals surface area contributed by atoms with Gasteiger partial charge in [0.25, 0.3) is 0 Å². The Morgan fingerprint density at radius 1 is 1.04 bits per heavy atom. The van der Waals surface area contributed by atoms with Gasteiger partial charge in [-0.1, -0.05) is 34.1 Å². The maximum absolute atomic E-state index is 12.4. The predicted molar refractivity (Wildman–Crippen MR) is 110 cm³/mol. The number of hydrogen-bond donors (Lipinski definition) is 0. The van der Waals surface area contributed by atoms with E-state index < -0.39 is 5.97 Å². The molecule has 27 heavy (non-hydrogen) atoms. The first-order valence-electron chi connectivity index (χ1n) is 8.49. The van der Waals surface area contributed by atoms with Crippen molar-refractivity contribution in [3.05, 3.63) is 88.2 Å². The van der Waals surface area contributed by atoms with E-state index in [1.807, 2.05) is 49.4 Å². The molecule has 136 valence electrons. The van der Waals surface area contributed by atoms with Gasteiger partial charge < -0.3 is 9.47 Å². The Morgan fingerprint density at radius 2 is 1.85 bits per heavy atom. The van der Waals surface area contributed by atoms with Crippen LogP contribution in [0.5, 0.6) is 11.5 Å². The molecule has 0 N–H and O–H groups in total. The molecule has 3 rings (SSSR count). The Hall–Kier alpha value is -2.92. The summed E-state index contributed by atoms with van der Waals surface area (Å²) in [4.78, 5) is 16.6. The smallest absolute Gasteiger partial charge is 0.343 e. The number of carbonyl (C=O) groups excluding carboxylic acids is 1. The lowest BCUT2D eigenvalue weighted by Gasteiger charge is -2.11. The molecule has 1 aromatic heterocycles. The summed E-state index contributed by atoms with van der Waals surface area (Å²) in [6.45, 7) is 2.35. The molecule has 0 saturated heterocycles. The number of rotatable bonds is 6. The second-order valence-electron chi connectivity index (χ2n) is 5.62. The second kappa shape index (κ2) is 9.14. The monoisotopic (exact) mass is 423 g/mol. The minimum absolute atomic E-state index is 0.389. The van der Waals surface area contributed by atoms with Crippen molar-refractivity contribution < 1.29 is 14.3 Å². The molecule has 0 aliphatic carbocycles. The van der Waals surface area contributed by atoms with Gasteiger partial charge in [0.15, 0.2) is 11.5 Å². The summed E-state index contributed by atoms with van der Waals surface area (Å²) < 4.78 is 12.1. The summed E-state index contributed by atoms with van der Waals surface area (Å²) in [7, 11) is 0. The molecule has 0 fully saturated rings. The molecule has 0 radical (unpaired) electrons. The summed E-state index contributed by atoms with van der Waals surface area (Å²) in [6, 6.07) is 18.2. The summed E-state index contributed by atoms with van der Waals surface area (Å²) >= 11 is 3.35. The third-order valence-electron chi connectivity index (χ3n) is 3.68. The van der Waals surface area contributed by atoms with Crippen molar-refractivity contribution in [3.8, 4) is 11.5 Å². The number of esters is 1. The maximum Gasteiger partial charge on any atom is 0.343 e. The standard InChI is InChI=1S/C22H18BrNO3/c1-2-26-21-15-16(6-12-19-5-3-4-14-24-19)7-13-20(21)27-22(25)17-8-10-18(23)11-9-17/h3-15H,2H2,1H3/b12-6+. The van der Waals surface area contributed by atoms with Gasteiger partial charge in [-0.05, 0) is 67.1 Å². The highest BCUT2D eigenvalue weighted by atomic mass is 79.9. The zero-order chi connectivity index (χ0) is 19.1. The summed E-state index contributed by atoms with van der Waals surface area (Å²) in [5.74, 6) is 0.478. The summed E-state index contributed by atoms with van der Waals surface area (Å²) in [5, 5.41) is 0. The first-order valence-corrected chi connectivity index (χ1v) is 9.28. The predicted octanol–water partition coefficient (Wildman–Crippen LogP) is 5.63. The van der Waals surface area contributed by atoms with Crippen molar-refractivity contribution in [1.29, 1.82) is 0 Å². The average Bonchev–Trinajstić information content (AvgIpc) is 2.69.